The maximum Gasteiger partial charge on any atom is 0.251 e. The van der Waals surface area contributed by atoms with Gasteiger partial charge in [-0.05, 0) is 56.2 Å². The van der Waals surface area contributed by atoms with Gasteiger partial charge in [0.15, 0.2) is 11.4 Å². The predicted octanol–water partition coefficient (Wildman–Crippen LogP) is 2.49. The molecule has 1 saturated heterocycles. The molecule has 0 spiro atoms. The highest BCUT2D eigenvalue weighted by atomic mass is 32.2. The third-order valence-electron chi connectivity index (χ3n) is 5.28. The number of fused-ring (bicyclic) bond motifs is 1. The lowest BCUT2D eigenvalue weighted by Gasteiger charge is -2.15. The predicted molar refractivity (Wildman–Crippen MR) is 117 cm³/mol. The molecular weight excluding hydrogens is 416 g/mol. The number of benzene rings is 1. The average Bonchev–Trinajstić information content (AvgIpc) is 3.45. The first-order chi connectivity index (χ1) is 15.0. The minimum Gasteiger partial charge on any atom is -0.490 e. The zero-order valence-corrected chi connectivity index (χ0v) is 18.3. The molecule has 0 saturated carbocycles. The molecule has 0 aliphatic carbocycles. The fourth-order valence-electron chi connectivity index (χ4n) is 3.69. The molecule has 3 heterocycles. The van der Waals surface area contributed by atoms with Gasteiger partial charge in [0.05, 0.1) is 17.2 Å². The number of sulfonamides is 1. The highest BCUT2D eigenvalue weighted by Gasteiger charge is 2.27. The molecule has 8 nitrogen and oxygen atoms in total. The number of rotatable bonds is 8. The molecule has 1 N–H and O–H groups in total. The number of aromatic nitrogens is 2. The van der Waals surface area contributed by atoms with Gasteiger partial charge in [0.1, 0.15) is 0 Å². The van der Waals surface area contributed by atoms with E-state index in [2.05, 4.69) is 10.3 Å². The Morgan fingerprint density at radius 1 is 1.16 bits per heavy atom. The summed E-state index contributed by atoms with van der Waals surface area (Å²) in [7, 11) is -3.47. The lowest BCUT2D eigenvalue weighted by Crippen LogP contribution is -2.28. The molecule has 1 aliphatic rings. The zero-order valence-electron chi connectivity index (χ0n) is 17.5. The number of carbonyl (C=O) groups is 1. The second-order valence-electron chi connectivity index (χ2n) is 7.41. The third kappa shape index (κ3) is 4.57. The molecule has 1 amide bonds. The van der Waals surface area contributed by atoms with Crippen molar-refractivity contribution in [2.75, 3.05) is 26.2 Å². The minimum atomic E-state index is -3.47. The van der Waals surface area contributed by atoms with Crippen molar-refractivity contribution in [2.24, 2.45) is 0 Å². The van der Waals surface area contributed by atoms with Gasteiger partial charge in [-0.1, -0.05) is 0 Å². The summed E-state index contributed by atoms with van der Waals surface area (Å²) >= 11 is 0. The highest BCUT2D eigenvalue weighted by molar-refractivity contribution is 7.89. The average molecular weight is 443 g/mol. The van der Waals surface area contributed by atoms with Crippen LogP contribution >= 0.6 is 0 Å². The molecule has 1 aromatic carbocycles. The Balaban J connectivity index is 1.36. The van der Waals surface area contributed by atoms with Crippen molar-refractivity contribution in [2.45, 2.75) is 31.1 Å². The molecule has 1 fully saturated rings. The first-order valence-electron chi connectivity index (χ1n) is 10.5. The first kappa shape index (κ1) is 21.3. The van der Waals surface area contributed by atoms with Gasteiger partial charge in [0, 0.05) is 44.0 Å². The second-order valence-corrected chi connectivity index (χ2v) is 9.35. The Morgan fingerprint density at radius 2 is 1.90 bits per heavy atom. The number of nitrogens with zero attached hydrogens (tertiary/aromatic N) is 3. The summed E-state index contributed by atoms with van der Waals surface area (Å²) in [6.07, 6.45) is 6.17. The van der Waals surface area contributed by atoms with E-state index in [1.807, 2.05) is 35.9 Å². The summed E-state index contributed by atoms with van der Waals surface area (Å²) in [4.78, 5) is 17.3. The van der Waals surface area contributed by atoms with E-state index in [0.29, 0.717) is 38.2 Å². The van der Waals surface area contributed by atoms with Gasteiger partial charge >= 0.3 is 0 Å². The van der Waals surface area contributed by atoms with Crippen LogP contribution in [0.15, 0.2) is 53.7 Å². The second kappa shape index (κ2) is 9.07. The Labute approximate surface area is 181 Å². The van der Waals surface area contributed by atoms with Gasteiger partial charge in [-0.15, -0.1) is 0 Å². The standard InChI is InChI=1S/C22H26N4O4S/c1-2-30-20-6-5-13-25-16-18(24-21(20)25)11-12-23-22(27)17-7-9-19(10-8-17)31(28,29)26-14-3-4-15-26/h5-10,13,16H,2-4,11-12,14-15H2,1H3,(H,23,27). The van der Waals surface area contributed by atoms with Crippen LogP contribution in [0, 0.1) is 0 Å². The van der Waals surface area contributed by atoms with Crippen LogP contribution in [-0.4, -0.2) is 54.3 Å². The number of ether oxygens (including phenoxy) is 1. The largest absolute Gasteiger partial charge is 0.490 e. The van der Waals surface area contributed by atoms with Crippen molar-refractivity contribution in [3.05, 3.63) is 60.0 Å². The van der Waals surface area contributed by atoms with Crippen molar-refractivity contribution in [3.63, 3.8) is 0 Å². The van der Waals surface area contributed by atoms with Crippen LogP contribution in [0.1, 0.15) is 35.8 Å². The van der Waals surface area contributed by atoms with Crippen molar-refractivity contribution in [1.29, 1.82) is 0 Å². The van der Waals surface area contributed by atoms with Gasteiger partial charge in [0.2, 0.25) is 10.0 Å². The van der Waals surface area contributed by atoms with Gasteiger partial charge in [-0.2, -0.15) is 4.31 Å². The number of pyridine rings is 1. The van der Waals surface area contributed by atoms with E-state index in [-0.39, 0.29) is 10.8 Å². The summed E-state index contributed by atoms with van der Waals surface area (Å²) < 4.78 is 34.2. The molecule has 2 aromatic heterocycles. The lowest BCUT2D eigenvalue weighted by atomic mass is 10.2. The van der Waals surface area contributed by atoms with E-state index in [1.54, 1.807) is 12.1 Å². The van der Waals surface area contributed by atoms with E-state index in [1.165, 1.54) is 16.4 Å². The quantitative estimate of drug-likeness (QED) is 0.579. The van der Waals surface area contributed by atoms with E-state index in [0.717, 1.165) is 29.9 Å². The number of imidazole rings is 1. The number of hydrogen-bond donors (Lipinski definition) is 1. The van der Waals surface area contributed by atoms with Crippen LogP contribution in [0.25, 0.3) is 5.65 Å². The van der Waals surface area contributed by atoms with Crippen molar-refractivity contribution < 1.29 is 17.9 Å². The lowest BCUT2D eigenvalue weighted by molar-refractivity contribution is 0.0954. The van der Waals surface area contributed by atoms with E-state index >= 15 is 0 Å². The number of carbonyl (C=O) groups excluding carboxylic acids is 1. The molecule has 0 unspecified atom stereocenters. The van der Waals surface area contributed by atoms with Gasteiger partial charge in [-0.25, -0.2) is 13.4 Å². The molecule has 3 aromatic rings. The molecule has 1 aliphatic heterocycles. The van der Waals surface area contributed by atoms with Crippen LogP contribution in [0.5, 0.6) is 5.75 Å². The summed E-state index contributed by atoms with van der Waals surface area (Å²) in [6, 6.07) is 9.89. The monoisotopic (exact) mass is 442 g/mol. The maximum atomic E-state index is 12.6. The Kier molecular flexibility index (Phi) is 6.24. The summed E-state index contributed by atoms with van der Waals surface area (Å²) in [6.45, 7) is 4.02. The summed E-state index contributed by atoms with van der Waals surface area (Å²) in [5, 5.41) is 2.87. The van der Waals surface area contributed by atoms with Gasteiger partial charge in [0.25, 0.3) is 5.91 Å². The van der Waals surface area contributed by atoms with Crippen LogP contribution in [0.3, 0.4) is 0 Å². The van der Waals surface area contributed by atoms with Crippen LogP contribution in [0.2, 0.25) is 0 Å². The Hall–Kier alpha value is -2.91. The number of hydrogen-bond acceptors (Lipinski definition) is 5. The Morgan fingerprint density at radius 3 is 2.61 bits per heavy atom. The smallest absolute Gasteiger partial charge is 0.251 e. The van der Waals surface area contributed by atoms with Crippen LogP contribution < -0.4 is 10.1 Å². The van der Waals surface area contributed by atoms with E-state index < -0.39 is 10.0 Å². The summed E-state index contributed by atoms with van der Waals surface area (Å²) in [5.74, 6) is 0.480. The fraction of sp³-hybridized carbons (Fsp3) is 0.364. The molecule has 0 radical (unpaired) electrons. The SMILES string of the molecule is CCOc1cccn2cc(CCNC(=O)c3ccc(S(=O)(=O)N4CCCC4)cc3)nc12. The van der Waals surface area contributed by atoms with Crippen molar-refractivity contribution in [3.8, 4) is 5.75 Å². The molecule has 0 bridgehead atoms. The molecule has 31 heavy (non-hydrogen) atoms. The maximum absolute atomic E-state index is 12.6. The zero-order chi connectivity index (χ0) is 21.8. The van der Waals surface area contributed by atoms with Crippen molar-refractivity contribution in [1.82, 2.24) is 19.0 Å². The molecule has 164 valence electrons. The van der Waals surface area contributed by atoms with Gasteiger partial charge in [-0.3, -0.25) is 4.79 Å². The number of amides is 1. The summed E-state index contributed by atoms with van der Waals surface area (Å²) in [5.41, 5.74) is 2.02. The van der Waals surface area contributed by atoms with E-state index in [4.69, 9.17) is 4.74 Å². The van der Waals surface area contributed by atoms with E-state index in [9.17, 15) is 13.2 Å². The Bertz CT molecular complexity index is 1170. The molecule has 9 heteroatoms. The molecule has 4 rings (SSSR count). The normalized spacial score (nSPS) is 14.7. The molecule has 0 atom stereocenters. The molecular formula is C22H26N4O4S. The van der Waals surface area contributed by atoms with Crippen LogP contribution in [0.4, 0.5) is 0 Å². The minimum absolute atomic E-state index is 0.223. The third-order valence-corrected chi connectivity index (χ3v) is 7.20. The number of nitrogens with one attached hydrogen (secondary N) is 1. The topological polar surface area (TPSA) is 93.0 Å². The fourth-order valence-corrected chi connectivity index (χ4v) is 5.21. The van der Waals surface area contributed by atoms with Crippen LogP contribution in [-0.2, 0) is 16.4 Å². The van der Waals surface area contributed by atoms with Crippen molar-refractivity contribution >= 4 is 21.6 Å². The first-order valence-corrected chi connectivity index (χ1v) is 11.9. The highest BCUT2D eigenvalue weighted by Crippen LogP contribution is 2.21. The van der Waals surface area contributed by atoms with Gasteiger partial charge < -0.3 is 14.5 Å².